The van der Waals surface area contributed by atoms with Gasteiger partial charge < -0.3 is 14.6 Å². The summed E-state index contributed by atoms with van der Waals surface area (Å²) < 4.78 is 22.4. The Balaban J connectivity index is 1.55. The Morgan fingerprint density at radius 2 is 1.97 bits per heavy atom. The molecule has 0 saturated carbocycles. The molecule has 0 bridgehead atoms. The summed E-state index contributed by atoms with van der Waals surface area (Å²) in [5, 5.41) is 7.61. The molecule has 4 rings (SSSR count). The standard InChI is InChI=1S/C24H24FN5O2/c1-16-5-4-6-19(22(16)32-3)24(31)27-12-14-30-15-20(17-7-9-18(25)10-8-17)21(28-30)23-26-11-13-29(23)2/h4-11,13,15H,12,14H2,1-3H3,(H,27,31). The van der Waals surface area contributed by atoms with Crippen LogP contribution in [0.3, 0.4) is 0 Å². The predicted molar refractivity (Wildman–Crippen MR) is 120 cm³/mol. The van der Waals surface area contributed by atoms with Crippen molar-refractivity contribution in [2.24, 2.45) is 7.05 Å². The number of rotatable bonds is 7. The summed E-state index contributed by atoms with van der Waals surface area (Å²) in [5.74, 6) is 0.770. The van der Waals surface area contributed by atoms with Crippen LogP contribution >= 0.6 is 0 Å². The van der Waals surface area contributed by atoms with Crippen LogP contribution in [0.5, 0.6) is 5.75 Å². The molecule has 0 radical (unpaired) electrons. The minimum atomic E-state index is -0.297. The zero-order chi connectivity index (χ0) is 22.7. The van der Waals surface area contributed by atoms with Gasteiger partial charge in [-0.05, 0) is 36.2 Å². The molecule has 4 aromatic rings. The Morgan fingerprint density at radius 3 is 2.66 bits per heavy atom. The maximum Gasteiger partial charge on any atom is 0.255 e. The van der Waals surface area contributed by atoms with Gasteiger partial charge in [-0.1, -0.05) is 24.3 Å². The SMILES string of the molecule is COc1c(C)cccc1C(=O)NCCn1cc(-c2ccc(F)cc2)c(-c2nccn2C)n1. The molecule has 0 spiro atoms. The third-order valence-corrected chi connectivity index (χ3v) is 5.24. The molecule has 2 heterocycles. The van der Waals surface area contributed by atoms with Crippen LogP contribution < -0.4 is 10.1 Å². The van der Waals surface area contributed by atoms with Crippen LogP contribution in [0.4, 0.5) is 4.39 Å². The number of para-hydroxylation sites is 1. The number of carbonyl (C=O) groups excluding carboxylic acids is 1. The fourth-order valence-corrected chi connectivity index (χ4v) is 3.62. The van der Waals surface area contributed by atoms with Crippen molar-refractivity contribution < 1.29 is 13.9 Å². The topological polar surface area (TPSA) is 74.0 Å². The molecular weight excluding hydrogens is 409 g/mol. The number of aromatic nitrogens is 4. The number of carbonyl (C=O) groups is 1. The van der Waals surface area contributed by atoms with E-state index in [-0.39, 0.29) is 11.7 Å². The zero-order valence-corrected chi connectivity index (χ0v) is 18.2. The monoisotopic (exact) mass is 433 g/mol. The number of hydrogen-bond donors (Lipinski definition) is 1. The lowest BCUT2D eigenvalue weighted by atomic mass is 10.1. The van der Waals surface area contributed by atoms with Crippen molar-refractivity contribution in [2.75, 3.05) is 13.7 Å². The fraction of sp³-hybridized carbons (Fsp3) is 0.208. The highest BCUT2D eigenvalue weighted by Gasteiger charge is 2.17. The molecule has 0 fully saturated rings. The highest BCUT2D eigenvalue weighted by atomic mass is 19.1. The third-order valence-electron chi connectivity index (χ3n) is 5.24. The molecule has 0 aliphatic heterocycles. The molecule has 0 atom stereocenters. The van der Waals surface area contributed by atoms with Gasteiger partial charge in [-0.3, -0.25) is 9.48 Å². The maximum atomic E-state index is 13.4. The molecule has 1 amide bonds. The Kier molecular flexibility index (Phi) is 6.02. The van der Waals surface area contributed by atoms with E-state index in [2.05, 4.69) is 10.3 Å². The molecule has 2 aromatic heterocycles. The summed E-state index contributed by atoms with van der Waals surface area (Å²) in [6, 6.07) is 11.7. The van der Waals surface area contributed by atoms with E-state index < -0.39 is 0 Å². The van der Waals surface area contributed by atoms with Crippen LogP contribution in [-0.4, -0.2) is 38.9 Å². The fourth-order valence-electron chi connectivity index (χ4n) is 3.62. The molecular formula is C24H24FN5O2. The van der Waals surface area contributed by atoms with Crippen LogP contribution in [0, 0.1) is 12.7 Å². The Hall–Kier alpha value is -3.94. The number of methoxy groups -OCH3 is 1. The second kappa shape index (κ2) is 9.05. The summed E-state index contributed by atoms with van der Waals surface area (Å²) in [7, 11) is 3.45. The van der Waals surface area contributed by atoms with Gasteiger partial charge in [0.15, 0.2) is 5.82 Å². The minimum absolute atomic E-state index is 0.208. The molecule has 32 heavy (non-hydrogen) atoms. The maximum absolute atomic E-state index is 13.4. The highest BCUT2D eigenvalue weighted by molar-refractivity contribution is 5.97. The van der Waals surface area contributed by atoms with Crippen LogP contribution in [-0.2, 0) is 13.6 Å². The molecule has 0 aliphatic carbocycles. The number of benzene rings is 2. The quantitative estimate of drug-likeness (QED) is 0.481. The van der Waals surface area contributed by atoms with E-state index in [1.54, 1.807) is 36.2 Å². The van der Waals surface area contributed by atoms with Gasteiger partial charge in [-0.15, -0.1) is 0 Å². The van der Waals surface area contributed by atoms with E-state index in [0.29, 0.717) is 35.9 Å². The van der Waals surface area contributed by atoms with Crippen molar-refractivity contribution in [3.8, 4) is 28.4 Å². The van der Waals surface area contributed by atoms with Crippen molar-refractivity contribution in [1.82, 2.24) is 24.6 Å². The van der Waals surface area contributed by atoms with E-state index in [1.165, 1.54) is 12.1 Å². The summed E-state index contributed by atoms with van der Waals surface area (Å²) in [5.41, 5.74) is 3.76. The van der Waals surface area contributed by atoms with Crippen molar-refractivity contribution in [1.29, 1.82) is 0 Å². The van der Waals surface area contributed by atoms with Gasteiger partial charge in [0, 0.05) is 37.7 Å². The number of nitrogens with one attached hydrogen (secondary N) is 1. The number of imidazole rings is 1. The van der Waals surface area contributed by atoms with Crippen molar-refractivity contribution in [3.05, 3.63) is 78.0 Å². The van der Waals surface area contributed by atoms with Gasteiger partial charge >= 0.3 is 0 Å². The number of halogens is 1. The average molecular weight is 433 g/mol. The lowest BCUT2D eigenvalue weighted by Crippen LogP contribution is -2.27. The Bertz CT molecular complexity index is 1240. The Morgan fingerprint density at radius 1 is 1.19 bits per heavy atom. The summed E-state index contributed by atoms with van der Waals surface area (Å²) in [6.45, 7) is 2.73. The molecule has 2 aromatic carbocycles. The summed E-state index contributed by atoms with van der Waals surface area (Å²) in [4.78, 5) is 17.1. The average Bonchev–Trinajstić information content (AvgIpc) is 3.40. The normalized spacial score (nSPS) is 10.9. The third kappa shape index (κ3) is 4.25. The first-order chi connectivity index (χ1) is 15.5. The number of amides is 1. The van der Waals surface area contributed by atoms with Crippen LogP contribution in [0.15, 0.2) is 61.1 Å². The summed E-state index contributed by atoms with van der Waals surface area (Å²) in [6.07, 6.45) is 5.44. The predicted octanol–water partition coefficient (Wildman–Crippen LogP) is 3.84. The van der Waals surface area contributed by atoms with Crippen LogP contribution in [0.25, 0.3) is 22.6 Å². The number of aryl methyl sites for hydroxylation is 2. The largest absolute Gasteiger partial charge is 0.496 e. The first-order valence-electron chi connectivity index (χ1n) is 10.2. The second-order valence-electron chi connectivity index (χ2n) is 7.43. The lowest BCUT2D eigenvalue weighted by Gasteiger charge is -2.11. The first kappa shape index (κ1) is 21.3. The van der Waals surface area contributed by atoms with Crippen LogP contribution in [0.2, 0.25) is 0 Å². The van der Waals surface area contributed by atoms with Crippen LogP contribution in [0.1, 0.15) is 15.9 Å². The second-order valence-corrected chi connectivity index (χ2v) is 7.43. The van der Waals surface area contributed by atoms with E-state index in [1.807, 2.05) is 43.1 Å². The smallest absolute Gasteiger partial charge is 0.255 e. The van der Waals surface area contributed by atoms with E-state index >= 15 is 0 Å². The molecule has 0 saturated heterocycles. The molecule has 0 unspecified atom stereocenters. The minimum Gasteiger partial charge on any atom is -0.496 e. The van der Waals surface area contributed by atoms with E-state index in [9.17, 15) is 9.18 Å². The van der Waals surface area contributed by atoms with Gasteiger partial charge in [0.25, 0.3) is 5.91 Å². The Labute approximate surface area is 185 Å². The molecule has 0 aliphatic rings. The molecule has 8 heteroatoms. The van der Waals surface area contributed by atoms with E-state index in [4.69, 9.17) is 9.84 Å². The van der Waals surface area contributed by atoms with Crippen molar-refractivity contribution in [2.45, 2.75) is 13.5 Å². The first-order valence-corrected chi connectivity index (χ1v) is 10.2. The number of hydrogen-bond acceptors (Lipinski definition) is 4. The van der Waals surface area contributed by atoms with Gasteiger partial charge in [-0.2, -0.15) is 5.10 Å². The molecule has 7 nitrogen and oxygen atoms in total. The number of ether oxygens (including phenoxy) is 1. The summed E-state index contributed by atoms with van der Waals surface area (Å²) >= 11 is 0. The van der Waals surface area contributed by atoms with Gasteiger partial charge in [0.1, 0.15) is 17.3 Å². The lowest BCUT2D eigenvalue weighted by molar-refractivity contribution is 0.0948. The van der Waals surface area contributed by atoms with Crippen molar-refractivity contribution >= 4 is 5.91 Å². The van der Waals surface area contributed by atoms with E-state index in [0.717, 1.165) is 16.7 Å². The zero-order valence-electron chi connectivity index (χ0n) is 18.2. The van der Waals surface area contributed by atoms with Gasteiger partial charge in [0.05, 0.1) is 19.2 Å². The molecule has 1 N–H and O–H groups in total. The highest BCUT2D eigenvalue weighted by Crippen LogP contribution is 2.30. The van der Waals surface area contributed by atoms with Crippen molar-refractivity contribution in [3.63, 3.8) is 0 Å². The number of nitrogens with zero attached hydrogens (tertiary/aromatic N) is 4. The molecule has 164 valence electrons. The van der Waals surface area contributed by atoms with Gasteiger partial charge in [0.2, 0.25) is 0 Å². The van der Waals surface area contributed by atoms with Gasteiger partial charge in [-0.25, -0.2) is 9.37 Å².